The van der Waals surface area contributed by atoms with Crippen LogP contribution in [-0.4, -0.2) is 19.6 Å². The van der Waals surface area contributed by atoms with Crippen molar-refractivity contribution in [1.29, 1.82) is 0 Å². The minimum Gasteiger partial charge on any atom is -0.507 e. The number of nitrogens with zero attached hydrogens (tertiary/aromatic N) is 3. The van der Waals surface area contributed by atoms with Crippen LogP contribution in [0.5, 0.6) is 5.75 Å². The Morgan fingerprint density at radius 3 is 2.02 bits per heavy atom. The lowest BCUT2D eigenvalue weighted by atomic mass is 9.83. The molecule has 0 radical (unpaired) electrons. The molecule has 58 heavy (non-hydrogen) atoms. The highest BCUT2D eigenvalue weighted by Crippen LogP contribution is 2.44. The lowest BCUT2D eigenvalue weighted by Crippen LogP contribution is -2.12. The summed E-state index contributed by atoms with van der Waals surface area (Å²) >= 11 is 0. The number of phenols is 1. The molecule has 2 heterocycles. The molecule has 4 heteroatoms. The van der Waals surface area contributed by atoms with E-state index in [1.54, 1.807) is 24.3 Å². The average Bonchev–Trinajstić information content (AvgIpc) is 3.68. The second-order valence-electron chi connectivity index (χ2n) is 16.7. The molecule has 0 bridgehead atoms. The predicted octanol–water partition coefficient (Wildman–Crippen LogP) is 14.4. The minimum absolute atomic E-state index is 0.00264. The summed E-state index contributed by atoms with van der Waals surface area (Å²) in [4.78, 5) is 9.86. The molecule has 0 aliphatic rings. The van der Waals surface area contributed by atoms with Gasteiger partial charge in [0.25, 0.3) is 0 Å². The van der Waals surface area contributed by atoms with Gasteiger partial charge in [-0.3, -0.25) is 9.55 Å². The van der Waals surface area contributed by atoms with Crippen LogP contribution in [0.15, 0.2) is 152 Å². The first-order chi connectivity index (χ1) is 33.4. The van der Waals surface area contributed by atoms with E-state index in [1.165, 1.54) is 30.5 Å². The Balaban J connectivity index is 1.52. The molecule has 0 saturated heterocycles. The number of fused-ring (bicyclic) bond motifs is 1. The second kappa shape index (κ2) is 14.6. The fourth-order valence-electron chi connectivity index (χ4n) is 7.42. The molecule has 6 aromatic carbocycles. The number of aromatic hydroxyl groups is 1. The van der Waals surface area contributed by atoms with Crippen LogP contribution in [0.4, 0.5) is 0 Å². The van der Waals surface area contributed by atoms with Gasteiger partial charge in [0.15, 0.2) is 0 Å². The van der Waals surface area contributed by atoms with Crippen molar-refractivity contribution in [3.63, 3.8) is 0 Å². The van der Waals surface area contributed by atoms with E-state index in [9.17, 15) is 5.11 Å². The van der Waals surface area contributed by atoms with Crippen LogP contribution in [0.3, 0.4) is 0 Å². The lowest BCUT2D eigenvalue weighted by molar-refractivity contribution is 0.448. The summed E-state index contributed by atoms with van der Waals surface area (Å²) in [6.45, 7) is 1.40. The topological polar surface area (TPSA) is 50.9 Å². The Labute approximate surface area is 363 Å². The van der Waals surface area contributed by atoms with Gasteiger partial charge in [-0.15, -0.1) is 0 Å². The van der Waals surface area contributed by atoms with Crippen molar-refractivity contribution < 1.29 is 24.3 Å². The maximum atomic E-state index is 12.2. The molecule has 0 fully saturated rings. The Morgan fingerprint density at radius 1 is 0.569 bits per heavy atom. The Bertz CT molecular complexity index is 3350. The van der Waals surface area contributed by atoms with Gasteiger partial charge in [0.2, 0.25) is 0 Å². The fraction of sp³-hybridized carbons (Fsp3) is 0.222. The normalized spacial score (nSPS) is 16.4. The lowest BCUT2D eigenvalue weighted by Gasteiger charge is -2.24. The molecule has 0 atom stereocenters. The van der Waals surface area contributed by atoms with E-state index < -0.39 is 67.2 Å². The molecule has 1 N–H and O–H groups in total. The van der Waals surface area contributed by atoms with Gasteiger partial charge in [-0.25, -0.2) is 4.98 Å². The summed E-state index contributed by atoms with van der Waals surface area (Å²) in [5.41, 5.74) is 1.32. The number of hydrogen-bond donors (Lipinski definition) is 1. The molecular formula is C54H53N3O. The zero-order chi connectivity index (χ0) is 52.8. The molecule has 2 aromatic heterocycles. The molecular weight excluding hydrogens is 707 g/mol. The zero-order valence-electron chi connectivity index (χ0n) is 47.3. The largest absolute Gasteiger partial charge is 0.507 e. The van der Waals surface area contributed by atoms with Crippen LogP contribution in [0.1, 0.15) is 98.0 Å². The summed E-state index contributed by atoms with van der Waals surface area (Å²) in [5.74, 6) is 0.343. The molecule has 8 aromatic rings. The molecule has 0 spiro atoms. The average molecular weight is 774 g/mol. The molecule has 290 valence electrons. The van der Waals surface area contributed by atoms with Gasteiger partial charge in [0.1, 0.15) is 11.6 Å². The van der Waals surface area contributed by atoms with E-state index in [0.717, 1.165) is 16.7 Å². The maximum absolute atomic E-state index is 12.2. The number of para-hydroxylation sites is 2. The first-order valence-corrected chi connectivity index (χ1v) is 19.1. The maximum Gasteiger partial charge on any atom is 0.149 e. The molecule has 0 saturated carbocycles. The number of rotatable bonds is 6. The molecule has 8 rings (SSSR count). The van der Waals surface area contributed by atoms with E-state index in [4.69, 9.17) is 24.2 Å². The Morgan fingerprint density at radius 2 is 1.29 bits per heavy atom. The predicted molar refractivity (Wildman–Crippen MR) is 244 cm³/mol. The van der Waals surface area contributed by atoms with Gasteiger partial charge in [0, 0.05) is 35.2 Å². The number of phenolic OH excluding ortho intramolecular Hbond substituents is 1. The van der Waals surface area contributed by atoms with Gasteiger partial charge in [-0.1, -0.05) is 159 Å². The zero-order valence-corrected chi connectivity index (χ0v) is 33.3. The second-order valence-corrected chi connectivity index (χ2v) is 16.7. The van der Waals surface area contributed by atoms with Crippen LogP contribution in [0.25, 0.3) is 72.7 Å². The summed E-state index contributed by atoms with van der Waals surface area (Å²) < 4.78 is 123. The van der Waals surface area contributed by atoms with Crippen molar-refractivity contribution in [1.82, 2.24) is 14.5 Å². The third-order valence-corrected chi connectivity index (χ3v) is 10.5. The molecule has 0 unspecified atom stereocenters. The SMILES string of the molecule is [2H]c1c([2H])c([2H])c(-c2ccnc(-c3cc(-c4cccc5c4nc(-c4cccc(C(C)(C)C)c4O)n5-c4ccc(C(C)(C)C)cc4-c4ccccc4)cc(C(C([2H])([2H])[2H])(C([2H])([2H])[2H])C([2H])([2H])[2H])c3)c2)c([2H])c1[2H]. The van der Waals surface area contributed by atoms with E-state index in [-0.39, 0.29) is 39.1 Å². The molecule has 0 aliphatic heterocycles. The van der Waals surface area contributed by atoms with E-state index >= 15 is 0 Å². The van der Waals surface area contributed by atoms with Gasteiger partial charge >= 0.3 is 0 Å². The highest BCUT2D eigenvalue weighted by Gasteiger charge is 2.27. The number of benzene rings is 6. The first-order valence-electron chi connectivity index (χ1n) is 26.1. The van der Waals surface area contributed by atoms with Crippen LogP contribution >= 0.6 is 0 Å². The van der Waals surface area contributed by atoms with Crippen molar-refractivity contribution in [3.05, 3.63) is 168 Å². The number of aromatic nitrogens is 3. The summed E-state index contributed by atoms with van der Waals surface area (Å²) in [5, 5.41) is 12.2. The van der Waals surface area contributed by atoms with Crippen molar-refractivity contribution in [2.24, 2.45) is 0 Å². The number of pyridine rings is 1. The molecule has 0 aliphatic carbocycles. The monoisotopic (exact) mass is 774 g/mol. The number of hydrogen-bond acceptors (Lipinski definition) is 3. The van der Waals surface area contributed by atoms with Gasteiger partial charge < -0.3 is 5.11 Å². The highest BCUT2D eigenvalue weighted by molar-refractivity contribution is 5.98. The first kappa shape index (κ1) is 25.2. The highest BCUT2D eigenvalue weighted by atomic mass is 16.3. The van der Waals surface area contributed by atoms with E-state index in [1.807, 2.05) is 86.0 Å². The number of imidazole rings is 1. The van der Waals surface area contributed by atoms with Gasteiger partial charge in [-0.2, -0.15) is 0 Å². The van der Waals surface area contributed by atoms with Crippen molar-refractivity contribution in [2.45, 2.75) is 78.3 Å². The molecule has 4 nitrogen and oxygen atoms in total. The van der Waals surface area contributed by atoms with Crippen LogP contribution in [-0.2, 0) is 16.2 Å². The molecule has 0 amide bonds. The van der Waals surface area contributed by atoms with Gasteiger partial charge in [-0.05, 0) is 104 Å². The van der Waals surface area contributed by atoms with Crippen molar-refractivity contribution >= 4 is 11.0 Å². The summed E-state index contributed by atoms with van der Waals surface area (Å²) in [6.07, 6.45) is 1.32. The Hall–Kier alpha value is -6.26. The summed E-state index contributed by atoms with van der Waals surface area (Å²) in [7, 11) is 0. The smallest absolute Gasteiger partial charge is 0.149 e. The third kappa shape index (κ3) is 7.36. The van der Waals surface area contributed by atoms with Crippen LogP contribution < -0.4 is 0 Å². The fourth-order valence-corrected chi connectivity index (χ4v) is 7.42. The van der Waals surface area contributed by atoms with Gasteiger partial charge in [0.05, 0.1) is 34.8 Å². The van der Waals surface area contributed by atoms with Crippen molar-refractivity contribution in [2.75, 3.05) is 0 Å². The Kier molecular flexibility index (Phi) is 6.34. The van der Waals surface area contributed by atoms with E-state index in [2.05, 4.69) is 31.8 Å². The van der Waals surface area contributed by atoms with E-state index in [0.29, 0.717) is 39.2 Å². The quantitative estimate of drug-likeness (QED) is 0.183. The minimum atomic E-state index is -3.65. The third-order valence-electron chi connectivity index (χ3n) is 10.5. The summed E-state index contributed by atoms with van der Waals surface area (Å²) in [6, 6.07) is 31.0. The standard InChI is InChI=1S/C54H53N3O/c1-52(2,3)40-26-27-47(44(34-40)36-20-14-11-15-21-36)57-48-25-17-22-42(49(48)56-51(57)43-23-16-24-45(50(43)58)54(7,8)9)38-30-39(32-41(31-38)53(4,5)6)46-33-37(28-29-55-46)35-18-12-10-13-19-35/h10-34,58H,1-9H3/i4D3,5D3,6D3,10D,12D,13D,18D,19D. The van der Waals surface area contributed by atoms with Crippen molar-refractivity contribution in [3.8, 4) is 67.5 Å². The van der Waals surface area contributed by atoms with Crippen LogP contribution in [0.2, 0.25) is 0 Å². The van der Waals surface area contributed by atoms with Crippen LogP contribution in [0, 0.1) is 0 Å².